The van der Waals surface area contributed by atoms with Gasteiger partial charge in [-0.3, -0.25) is 4.68 Å². The van der Waals surface area contributed by atoms with Gasteiger partial charge in [-0.05, 0) is 55.0 Å². The zero-order valence-corrected chi connectivity index (χ0v) is 34.3. The minimum Gasteiger partial charge on any atom is -0.475 e. The summed E-state index contributed by atoms with van der Waals surface area (Å²) < 4.78 is 35.3. The molecule has 4 aromatic heterocycles. The molecule has 7 N–H and O–H groups in total. The zero-order chi connectivity index (χ0) is 44.5. The van der Waals surface area contributed by atoms with Crippen molar-refractivity contribution in [2.75, 3.05) is 48.3 Å². The van der Waals surface area contributed by atoms with Crippen molar-refractivity contribution in [2.24, 2.45) is 0 Å². The molecule has 2 amide bonds. The molecule has 6 aromatic rings. The Morgan fingerprint density at radius 2 is 1.51 bits per heavy atom. The number of pyridine rings is 1. The van der Waals surface area contributed by atoms with E-state index in [2.05, 4.69) is 60.5 Å². The molecule has 332 valence electrons. The predicted octanol–water partition coefficient (Wildman–Crippen LogP) is 4.89. The maximum Gasteiger partial charge on any atom is 0.490 e. The molecular formula is C43H49F3N12O5. The fourth-order valence-corrected chi connectivity index (χ4v) is 7.88. The number of alkyl halides is 3. The van der Waals surface area contributed by atoms with E-state index in [0.29, 0.717) is 49.0 Å². The molecule has 63 heavy (non-hydrogen) atoms. The van der Waals surface area contributed by atoms with Gasteiger partial charge in [0.1, 0.15) is 18.0 Å². The number of rotatable bonds is 13. The molecule has 0 bridgehead atoms. The van der Waals surface area contributed by atoms with E-state index in [9.17, 15) is 28.2 Å². The Bertz CT molecular complexity index is 2380. The predicted molar refractivity (Wildman–Crippen MR) is 228 cm³/mol. The topological polar surface area (TPSA) is 220 Å². The lowest BCUT2D eigenvalue weighted by Crippen LogP contribution is -2.48. The highest BCUT2D eigenvalue weighted by atomic mass is 19.4. The summed E-state index contributed by atoms with van der Waals surface area (Å²) in [6, 6.07) is 25.5. The fourth-order valence-electron chi connectivity index (χ4n) is 7.88. The van der Waals surface area contributed by atoms with Crippen molar-refractivity contribution < 1.29 is 38.1 Å². The molecule has 2 aliphatic rings. The number of aliphatic hydroxyl groups is 2. The van der Waals surface area contributed by atoms with Gasteiger partial charge in [-0.25, -0.2) is 19.6 Å². The van der Waals surface area contributed by atoms with Crippen LogP contribution in [0.25, 0.3) is 11.2 Å². The third-order valence-electron chi connectivity index (χ3n) is 11.1. The number of carbonyl (C=O) groups is 2. The quantitative estimate of drug-likeness (QED) is 0.0770. The molecule has 5 heterocycles. The summed E-state index contributed by atoms with van der Waals surface area (Å²) >= 11 is 0. The number of urea groups is 1. The summed E-state index contributed by atoms with van der Waals surface area (Å²) in [5, 5.41) is 46.9. The number of hydrogen-bond donors (Lipinski definition) is 7. The lowest BCUT2D eigenvalue weighted by atomic mass is 9.91. The number of anilines is 3. The van der Waals surface area contributed by atoms with Gasteiger partial charge in [0.15, 0.2) is 17.0 Å². The molecule has 2 fully saturated rings. The van der Waals surface area contributed by atoms with Crippen LogP contribution >= 0.6 is 0 Å². The first kappa shape index (κ1) is 44.3. The fraction of sp³-hybridized carbons (Fsp3) is 0.372. The molecule has 2 aromatic carbocycles. The van der Waals surface area contributed by atoms with E-state index in [1.165, 1.54) is 0 Å². The molecule has 4 atom stereocenters. The minimum absolute atomic E-state index is 0.0240. The summed E-state index contributed by atoms with van der Waals surface area (Å²) in [6.45, 7) is 4.83. The first-order valence-corrected chi connectivity index (χ1v) is 20.5. The second-order valence-electron chi connectivity index (χ2n) is 15.4. The Morgan fingerprint density at radius 3 is 2.11 bits per heavy atom. The molecule has 17 nitrogen and oxygen atoms in total. The number of amides is 2. The summed E-state index contributed by atoms with van der Waals surface area (Å²) in [5.41, 5.74) is 4.35. The van der Waals surface area contributed by atoms with Crippen molar-refractivity contribution in [3.63, 3.8) is 0 Å². The van der Waals surface area contributed by atoms with Gasteiger partial charge in [-0.1, -0.05) is 66.7 Å². The second-order valence-corrected chi connectivity index (χ2v) is 15.4. The maximum atomic E-state index is 12.9. The number of aliphatic carboxylic acids is 1. The van der Waals surface area contributed by atoms with Gasteiger partial charge in [-0.15, -0.1) is 0 Å². The highest BCUT2D eigenvalue weighted by molar-refractivity contribution is 5.84. The standard InChI is InChI=1S/C41H48N12O3.C2HF3O2/c1-27-23-47-53(25-27)33-22-32(36(54)37(33)55)52-26-46-35-38(45-24-31(28-10-4-2-5-11-28)29-12-6-3-7-13-29)49-40(50-39(35)52)43-18-19-44-41(56)48-30-15-20-51(21-16-30)34-14-8-9-17-42-34;3-2(4,5)1(6)7/h2-14,17,23,25-26,30-33,36-37,54-55H,15-16,18-22,24H2,1H3,(H2,44,48,56)(H2,43,45,49,50);(H,6,7)/t32-,33+,36+,37-;/m1./s1. The van der Waals surface area contributed by atoms with Gasteiger partial charge in [0.25, 0.3) is 0 Å². The molecule has 1 aliphatic carbocycles. The number of carboxylic acid groups (broad SMARTS) is 1. The number of halogens is 3. The number of aliphatic hydroxyl groups excluding tert-OH is 2. The number of hydrogen-bond acceptors (Lipinski definition) is 12. The first-order chi connectivity index (χ1) is 30.4. The van der Waals surface area contributed by atoms with Crippen molar-refractivity contribution in [2.45, 2.75) is 68.6 Å². The lowest BCUT2D eigenvalue weighted by Gasteiger charge is -2.33. The number of aryl methyl sites for hydroxylation is 1. The SMILES string of the molecule is Cc1cnn([C@H]2C[C@@H](n3cnc4c(NCC(c5ccccc5)c5ccccc5)nc(NCCNC(=O)NC5CCN(c6ccccn6)CC5)nc43)[C@H](O)[C@@H]2O)c1.O=C(O)C(F)(F)F. The van der Waals surface area contributed by atoms with E-state index in [4.69, 9.17) is 24.9 Å². The van der Waals surface area contributed by atoms with Crippen LogP contribution in [0.15, 0.2) is 104 Å². The van der Waals surface area contributed by atoms with Crippen LogP contribution in [0.4, 0.5) is 35.5 Å². The Kier molecular flexibility index (Phi) is 14.0. The van der Waals surface area contributed by atoms with Crippen LogP contribution in [0.3, 0.4) is 0 Å². The summed E-state index contributed by atoms with van der Waals surface area (Å²) in [6.07, 6.45) is 1.98. The van der Waals surface area contributed by atoms with Gasteiger partial charge in [0.05, 0.1) is 24.6 Å². The van der Waals surface area contributed by atoms with Crippen LogP contribution in [0.1, 0.15) is 54.0 Å². The van der Waals surface area contributed by atoms with Crippen LogP contribution in [-0.4, -0.2) is 119 Å². The van der Waals surface area contributed by atoms with Crippen molar-refractivity contribution >= 4 is 40.7 Å². The molecule has 0 radical (unpaired) electrons. The molecule has 1 saturated carbocycles. The number of nitrogens with zero attached hydrogens (tertiary/aromatic N) is 8. The average Bonchev–Trinajstić information content (AvgIpc) is 4.00. The first-order valence-electron chi connectivity index (χ1n) is 20.5. The van der Waals surface area contributed by atoms with E-state index in [1.807, 2.05) is 72.3 Å². The molecular weight excluding hydrogens is 822 g/mol. The van der Waals surface area contributed by atoms with Crippen molar-refractivity contribution in [1.29, 1.82) is 0 Å². The summed E-state index contributed by atoms with van der Waals surface area (Å²) in [4.78, 5) is 42.9. The van der Waals surface area contributed by atoms with Crippen LogP contribution < -0.4 is 26.2 Å². The molecule has 1 aliphatic heterocycles. The van der Waals surface area contributed by atoms with E-state index in [-0.39, 0.29) is 18.0 Å². The largest absolute Gasteiger partial charge is 0.490 e. The Labute approximate surface area is 360 Å². The van der Waals surface area contributed by atoms with Gasteiger partial charge in [0, 0.05) is 57.1 Å². The minimum atomic E-state index is -5.08. The maximum absolute atomic E-state index is 12.9. The third-order valence-corrected chi connectivity index (χ3v) is 11.1. The average molecular weight is 871 g/mol. The van der Waals surface area contributed by atoms with E-state index < -0.39 is 36.4 Å². The Hall–Kier alpha value is -6.80. The van der Waals surface area contributed by atoms with Crippen LogP contribution in [-0.2, 0) is 4.79 Å². The highest BCUT2D eigenvalue weighted by Gasteiger charge is 2.44. The molecule has 20 heteroatoms. The molecule has 1 saturated heterocycles. The second kappa shape index (κ2) is 19.9. The molecule has 0 spiro atoms. The summed E-state index contributed by atoms with van der Waals surface area (Å²) in [7, 11) is 0. The number of piperidine rings is 1. The normalized spacial score (nSPS) is 19.1. The number of fused-ring (bicyclic) bond motifs is 1. The van der Waals surface area contributed by atoms with Crippen molar-refractivity contribution in [3.05, 3.63) is 120 Å². The van der Waals surface area contributed by atoms with Gasteiger partial charge >= 0.3 is 18.2 Å². The van der Waals surface area contributed by atoms with Gasteiger partial charge in [0.2, 0.25) is 5.95 Å². The molecule has 8 rings (SSSR count). The van der Waals surface area contributed by atoms with E-state index in [0.717, 1.165) is 48.4 Å². The van der Waals surface area contributed by atoms with Crippen molar-refractivity contribution in [1.82, 2.24) is 44.9 Å². The number of imidazole rings is 1. The number of nitrogens with one attached hydrogen (secondary N) is 4. The lowest BCUT2D eigenvalue weighted by molar-refractivity contribution is -0.192. The smallest absolute Gasteiger partial charge is 0.475 e. The van der Waals surface area contributed by atoms with Crippen LogP contribution in [0.5, 0.6) is 0 Å². The number of carboxylic acids is 1. The summed E-state index contributed by atoms with van der Waals surface area (Å²) in [5.74, 6) is -0.901. The van der Waals surface area contributed by atoms with Gasteiger partial charge < -0.3 is 46.1 Å². The zero-order valence-electron chi connectivity index (χ0n) is 34.3. The third kappa shape index (κ3) is 11.0. The highest BCUT2D eigenvalue weighted by Crippen LogP contribution is 2.40. The molecule has 0 unspecified atom stereocenters. The van der Waals surface area contributed by atoms with Crippen LogP contribution in [0, 0.1) is 6.92 Å². The van der Waals surface area contributed by atoms with E-state index in [1.54, 1.807) is 23.4 Å². The van der Waals surface area contributed by atoms with Crippen LogP contribution in [0.2, 0.25) is 0 Å². The van der Waals surface area contributed by atoms with E-state index >= 15 is 0 Å². The monoisotopic (exact) mass is 870 g/mol. The Morgan fingerprint density at radius 1 is 0.857 bits per heavy atom. The van der Waals surface area contributed by atoms with Crippen molar-refractivity contribution in [3.8, 4) is 0 Å². The number of benzene rings is 2. The van der Waals surface area contributed by atoms with Gasteiger partial charge in [-0.2, -0.15) is 28.2 Å². The number of aromatic nitrogens is 7. The Balaban J connectivity index is 0.000000785. The number of carbonyl (C=O) groups excluding carboxylic acids is 1.